The van der Waals surface area contributed by atoms with Crippen molar-refractivity contribution < 1.29 is 4.42 Å². The maximum atomic E-state index is 6.79. The zero-order valence-corrected chi connectivity index (χ0v) is 28.8. The van der Waals surface area contributed by atoms with Crippen LogP contribution in [0.4, 0.5) is 17.1 Å². The summed E-state index contributed by atoms with van der Waals surface area (Å²) < 4.78 is 9.15. The van der Waals surface area contributed by atoms with Gasteiger partial charge in [0.15, 0.2) is 5.58 Å². The molecule has 0 amide bonds. The second-order valence-corrected chi connectivity index (χ2v) is 13.7. The lowest BCUT2D eigenvalue weighted by molar-refractivity contribution is 0.669. The van der Waals surface area contributed by atoms with Crippen molar-refractivity contribution in [1.29, 1.82) is 0 Å². The van der Waals surface area contributed by atoms with E-state index in [4.69, 9.17) is 4.42 Å². The highest BCUT2D eigenvalue weighted by Crippen LogP contribution is 2.47. The third kappa shape index (κ3) is 4.61. The van der Waals surface area contributed by atoms with E-state index >= 15 is 0 Å². The van der Waals surface area contributed by atoms with Gasteiger partial charge in [-0.05, 0) is 87.9 Å². The number of rotatable bonds is 5. The molecule has 0 unspecified atom stereocenters. The predicted octanol–water partition coefficient (Wildman–Crippen LogP) is 14.1. The second kappa shape index (κ2) is 11.7. The molecule has 0 spiro atoms. The van der Waals surface area contributed by atoms with E-state index in [0.29, 0.717) is 0 Å². The van der Waals surface area contributed by atoms with Crippen LogP contribution in [0.1, 0.15) is 0 Å². The van der Waals surface area contributed by atoms with Gasteiger partial charge in [-0.2, -0.15) is 0 Å². The fourth-order valence-corrected chi connectivity index (χ4v) is 8.34. The summed E-state index contributed by atoms with van der Waals surface area (Å²) in [6.45, 7) is 0. The topological polar surface area (TPSA) is 21.3 Å². The molecule has 3 heteroatoms. The van der Waals surface area contributed by atoms with Gasteiger partial charge >= 0.3 is 0 Å². The highest BCUT2D eigenvalue weighted by molar-refractivity contribution is 6.23. The summed E-state index contributed by atoms with van der Waals surface area (Å²) in [4.78, 5) is 2.37. The molecule has 0 saturated carbocycles. The van der Waals surface area contributed by atoms with Gasteiger partial charge in [-0.25, -0.2) is 0 Å². The Kier molecular flexibility index (Phi) is 6.55. The van der Waals surface area contributed by atoms with Crippen molar-refractivity contribution in [2.45, 2.75) is 0 Å². The lowest BCUT2D eigenvalue weighted by atomic mass is 9.99. The Hall–Kier alpha value is -7.10. The van der Waals surface area contributed by atoms with Crippen LogP contribution in [0.5, 0.6) is 0 Å². The maximum absolute atomic E-state index is 6.79. The van der Waals surface area contributed by atoms with E-state index in [0.717, 1.165) is 50.3 Å². The fourth-order valence-electron chi connectivity index (χ4n) is 8.34. The third-order valence-corrected chi connectivity index (χ3v) is 10.7. The van der Waals surface area contributed by atoms with Crippen LogP contribution in [0.2, 0.25) is 0 Å². The number of hydrogen-bond donors (Lipinski definition) is 0. The first-order valence-corrected chi connectivity index (χ1v) is 18.1. The van der Waals surface area contributed by atoms with E-state index in [1.54, 1.807) is 0 Å². The van der Waals surface area contributed by atoms with Crippen LogP contribution in [0, 0.1) is 0 Å². The highest BCUT2D eigenvalue weighted by atomic mass is 16.3. The molecule has 248 valence electrons. The molecule has 53 heavy (non-hydrogen) atoms. The number of fused-ring (bicyclic) bond motifs is 9. The smallest absolute Gasteiger partial charge is 0.160 e. The van der Waals surface area contributed by atoms with Crippen molar-refractivity contribution in [1.82, 2.24) is 4.57 Å². The monoisotopic (exact) mass is 676 g/mol. The Morgan fingerprint density at radius 1 is 0.396 bits per heavy atom. The van der Waals surface area contributed by atoms with Gasteiger partial charge in [-0.3, -0.25) is 0 Å². The Morgan fingerprint density at radius 3 is 1.89 bits per heavy atom. The first kappa shape index (κ1) is 29.6. The molecule has 0 fully saturated rings. The number of para-hydroxylation sites is 3. The zero-order chi connectivity index (χ0) is 34.9. The molecule has 0 aliphatic carbocycles. The molecule has 0 aliphatic rings. The Morgan fingerprint density at radius 2 is 1.04 bits per heavy atom. The molecule has 0 aliphatic heterocycles. The zero-order valence-electron chi connectivity index (χ0n) is 28.8. The van der Waals surface area contributed by atoms with E-state index in [9.17, 15) is 0 Å². The van der Waals surface area contributed by atoms with Crippen LogP contribution in [0.3, 0.4) is 0 Å². The Bertz CT molecular complexity index is 3160. The average molecular weight is 677 g/mol. The van der Waals surface area contributed by atoms with Crippen LogP contribution < -0.4 is 4.90 Å². The van der Waals surface area contributed by atoms with E-state index < -0.39 is 0 Å². The standard InChI is InChI=1S/C50H32N2O/c1-2-16-37(17-3-1)51-45-22-10-8-20-41(45)43-31-35(27-30-46(43)51)33-25-28-38(29-26-33)52(44-23-12-15-34-13-4-6-18-39(34)44)47-32-36-14-5-7-19-40(36)49-42-21-9-11-24-48(42)53-50(47)49/h1-32H. The summed E-state index contributed by atoms with van der Waals surface area (Å²) in [6.07, 6.45) is 0. The number of benzene rings is 9. The molecule has 2 heterocycles. The van der Waals surface area contributed by atoms with Crippen LogP contribution >= 0.6 is 0 Å². The van der Waals surface area contributed by atoms with Crippen molar-refractivity contribution >= 4 is 82.4 Å². The molecule has 0 bridgehead atoms. The predicted molar refractivity (Wildman–Crippen MR) is 223 cm³/mol. The molecule has 2 aromatic heterocycles. The molecule has 3 nitrogen and oxygen atoms in total. The minimum absolute atomic E-state index is 0.877. The van der Waals surface area contributed by atoms with Crippen LogP contribution in [-0.2, 0) is 0 Å². The number of hydrogen-bond acceptors (Lipinski definition) is 2. The van der Waals surface area contributed by atoms with Gasteiger partial charge in [-0.15, -0.1) is 0 Å². The minimum atomic E-state index is 0.877. The van der Waals surface area contributed by atoms with Gasteiger partial charge < -0.3 is 13.9 Å². The van der Waals surface area contributed by atoms with Crippen molar-refractivity contribution in [2.75, 3.05) is 4.90 Å². The average Bonchev–Trinajstić information content (AvgIpc) is 3.78. The maximum Gasteiger partial charge on any atom is 0.160 e. The van der Waals surface area contributed by atoms with Gasteiger partial charge in [0.05, 0.1) is 22.4 Å². The summed E-state index contributed by atoms with van der Waals surface area (Å²) in [5.41, 5.74) is 10.8. The first-order valence-electron chi connectivity index (χ1n) is 18.1. The van der Waals surface area contributed by atoms with Crippen LogP contribution in [0.15, 0.2) is 199 Å². The molecule has 11 rings (SSSR count). The van der Waals surface area contributed by atoms with Crippen molar-refractivity contribution in [3.8, 4) is 16.8 Å². The molecule has 11 aromatic rings. The molecule has 0 atom stereocenters. The van der Waals surface area contributed by atoms with Crippen molar-refractivity contribution in [3.63, 3.8) is 0 Å². The van der Waals surface area contributed by atoms with Crippen LogP contribution in [0.25, 0.3) is 82.1 Å². The Balaban J connectivity index is 1.11. The van der Waals surface area contributed by atoms with E-state index in [1.807, 2.05) is 6.07 Å². The summed E-state index contributed by atoms with van der Waals surface area (Å²) >= 11 is 0. The number of anilines is 3. The van der Waals surface area contributed by atoms with Crippen molar-refractivity contribution in [3.05, 3.63) is 194 Å². The van der Waals surface area contributed by atoms with Crippen LogP contribution in [-0.4, -0.2) is 4.57 Å². The summed E-state index contributed by atoms with van der Waals surface area (Å²) in [6, 6.07) is 69.6. The normalized spacial score (nSPS) is 11.8. The number of nitrogens with zero attached hydrogens (tertiary/aromatic N) is 2. The Labute approximate surface area is 306 Å². The summed E-state index contributed by atoms with van der Waals surface area (Å²) in [7, 11) is 0. The van der Waals surface area contributed by atoms with E-state index in [1.165, 1.54) is 48.9 Å². The third-order valence-electron chi connectivity index (χ3n) is 10.7. The fraction of sp³-hybridized carbons (Fsp3) is 0. The van der Waals surface area contributed by atoms with Gasteiger partial charge in [0.25, 0.3) is 0 Å². The lowest BCUT2D eigenvalue weighted by Gasteiger charge is -2.27. The second-order valence-electron chi connectivity index (χ2n) is 13.7. The molecule has 0 radical (unpaired) electrons. The largest absolute Gasteiger partial charge is 0.454 e. The van der Waals surface area contributed by atoms with E-state index in [2.05, 4.69) is 198 Å². The van der Waals surface area contributed by atoms with Gasteiger partial charge in [0.2, 0.25) is 0 Å². The van der Waals surface area contributed by atoms with Gasteiger partial charge in [-0.1, -0.05) is 133 Å². The van der Waals surface area contributed by atoms with Gasteiger partial charge in [0.1, 0.15) is 5.58 Å². The van der Waals surface area contributed by atoms with E-state index in [-0.39, 0.29) is 0 Å². The highest BCUT2D eigenvalue weighted by Gasteiger charge is 2.23. The number of aromatic nitrogens is 1. The quantitative estimate of drug-likeness (QED) is 0.181. The molecule has 0 saturated heterocycles. The minimum Gasteiger partial charge on any atom is -0.454 e. The van der Waals surface area contributed by atoms with Crippen molar-refractivity contribution in [2.24, 2.45) is 0 Å². The SMILES string of the molecule is c1ccc(-n2c3ccccc3c3cc(-c4ccc(N(c5cccc6ccccc56)c5cc6ccccc6c6c5oc5ccccc56)cc4)ccc32)cc1. The number of furan rings is 1. The summed E-state index contributed by atoms with van der Waals surface area (Å²) in [5.74, 6) is 0. The summed E-state index contributed by atoms with van der Waals surface area (Å²) in [5, 5.41) is 9.48. The molecule has 9 aromatic carbocycles. The van der Waals surface area contributed by atoms with Gasteiger partial charge in [0, 0.05) is 38.3 Å². The first-order chi connectivity index (χ1) is 26.3. The molecule has 0 N–H and O–H groups in total. The lowest BCUT2D eigenvalue weighted by Crippen LogP contribution is -2.11. The molecular formula is C50H32N2O. The molecular weight excluding hydrogens is 645 g/mol.